The molecule has 0 spiro atoms. The van der Waals surface area contributed by atoms with Crippen molar-refractivity contribution in [2.24, 2.45) is 23.7 Å². The second kappa shape index (κ2) is 11.3. The topological polar surface area (TPSA) is 92.7 Å². The lowest BCUT2D eigenvalue weighted by Gasteiger charge is -2.30. The van der Waals surface area contributed by atoms with Gasteiger partial charge in [0.25, 0.3) is 6.47 Å². The number of carbonyl (C=O) groups excluding carboxylic acids is 3. The Labute approximate surface area is 157 Å². The zero-order valence-corrected chi connectivity index (χ0v) is 16.6. The quantitative estimate of drug-likeness (QED) is 0.730. The van der Waals surface area contributed by atoms with Crippen LogP contribution in [0.15, 0.2) is 0 Å². The Kier molecular flexibility index (Phi) is 9.84. The Morgan fingerprint density at radius 2 is 1.69 bits per heavy atom. The van der Waals surface area contributed by atoms with Gasteiger partial charge in [0, 0.05) is 12.5 Å². The highest BCUT2D eigenvalue weighted by atomic mass is 16.5. The van der Waals surface area contributed by atoms with Crippen LogP contribution in [-0.4, -0.2) is 42.0 Å². The van der Waals surface area contributed by atoms with Gasteiger partial charge in [-0.3, -0.25) is 14.4 Å². The molecule has 0 aliphatic carbocycles. The standard InChI is InChI=1S/C20H35NO5/c1-13-7-5-9-14(2)20(26-12-22)16(4)19(25)15(3)17(23)11-18(24)21-10-6-8-13/h12-17,20,23H,5-11H2,1-4H3,(H,21,24)/t13?,14?,15?,16?,17?,20-/m0/s1. The maximum absolute atomic E-state index is 12.8. The Bertz CT molecular complexity index is 467. The number of Topliss-reactive ketones (excluding diaryl/α,β-unsaturated/α-hetero) is 1. The molecule has 0 saturated carbocycles. The van der Waals surface area contributed by atoms with Crippen LogP contribution in [0.4, 0.5) is 0 Å². The van der Waals surface area contributed by atoms with Crippen LogP contribution in [0.25, 0.3) is 0 Å². The SMILES string of the molecule is CC1CCCNC(=O)CC(O)C(C)C(=O)C(C)[C@@H](OC=O)C(C)CCC1. The second-order valence-corrected chi connectivity index (χ2v) is 7.95. The molecule has 1 amide bonds. The molecule has 1 aliphatic rings. The largest absolute Gasteiger partial charge is 0.464 e. The van der Waals surface area contributed by atoms with Gasteiger partial charge in [-0.1, -0.05) is 40.5 Å². The van der Waals surface area contributed by atoms with E-state index >= 15 is 0 Å². The molecular formula is C20H35NO5. The van der Waals surface area contributed by atoms with E-state index in [0.717, 1.165) is 32.1 Å². The van der Waals surface area contributed by atoms with Crippen molar-refractivity contribution in [3.05, 3.63) is 0 Å². The van der Waals surface area contributed by atoms with Gasteiger partial charge in [-0.05, 0) is 31.1 Å². The van der Waals surface area contributed by atoms with Gasteiger partial charge in [0.05, 0.1) is 18.4 Å². The molecule has 1 fully saturated rings. The van der Waals surface area contributed by atoms with Crippen molar-refractivity contribution in [2.75, 3.05) is 6.54 Å². The van der Waals surface area contributed by atoms with E-state index in [1.165, 1.54) is 0 Å². The first kappa shape index (κ1) is 22.6. The lowest BCUT2D eigenvalue weighted by molar-refractivity contribution is -0.145. The summed E-state index contributed by atoms with van der Waals surface area (Å²) in [6.45, 7) is 8.57. The maximum Gasteiger partial charge on any atom is 0.293 e. The van der Waals surface area contributed by atoms with Crippen molar-refractivity contribution in [1.29, 1.82) is 0 Å². The number of ether oxygens (including phenoxy) is 1. The summed E-state index contributed by atoms with van der Waals surface area (Å²) in [5, 5.41) is 13.1. The summed E-state index contributed by atoms with van der Waals surface area (Å²) in [6.07, 6.45) is 3.27. The fourth-order valence-corrected chi connectivity index (χ4v) is 3.79. The molecule has 1 rings (SSSR count). The third-order valence-corrected chi connectivity index (χ3v) is 5.69. The first-order chi connectivity index (χ1) is 12.3. The molecule has 1 saturated heterocycles. The van der Waals surface area contributed by atoms with Crippen LogP contribution in [-0.2, 0) is 19.1 Å². The number of hydrogen-bond donors (Lipinski definition) is 2. The van der Waals surface area contributed by atoms with Gasteiger partial charge in [0.2, 0.25) is 5.91 Å². The van der Waals surface area contributed by atoms with Gasteiger partial charge in [-0.2, -0.15) is 0 Å². The molecule has 1 aliphatic heterocycles. The van der Waals surface area contributed by atoms with Crippen molar-refractivity contribution < 1.29 is 24.2 Å². The molecule has 5 unspecified atom stereocenters. The predicted molar refractivity (Wildman–Crippen MR) is 99.3 cm³/mol. The van der Waals surface area contributed by atoms with Crippen molar-refractivity contribution >= 4 is 18.2 Å². The molecular weight excluding hydrogens is 334 g/mol. The summed E-state index contributed by atoms with van der Waals surface area (Å²) < 4.78 is 5.25. The van der Waals surface area contributed by atoms with Crippen molar-refractivity contribution in [3.63, 3.8) is 0 Å². The van der Waals surface area contributed by atoms with E-state index in [2.05, 4.69) is 12.2 Å². The molecule has 2 N–H and O–H groups in total. The van der Waals surface area contributed by atoms with Crippen molar-refractivity contribution in [2.45, 2.75) is 78.4 Å². The van der Waals surface area contributed by atoms with E-state index in [-0.39, 0.29) is 24.0 Å². The van der Waals surface area contributed by atoms with Crippen molar-refractivity contribution in [3.8, 4) is 0 Å². The van der Waals surface area contributed by atoms with Gasteiger partial charge in [-0.15, -0.1) is 0 Å². The summed E-state index contributed by atoms with van der Waals surface area (Å²) in [5.41, 5.74) is 0. The van der Waals surface area contributed by atoms with E-state index < -0.39 is 24.0 Å². The third-order valence-electron chi connectivity index (χ3n) is 5.69. The number of nitrogens with one attached hydrogen (secondary N) is 1. The molecule has 150 valence electrons. The summed E-state index contributed by atoms with van der Waals surface area (Å²) in [7, 11) is 0. The Morgan fingerprint density at radius 3 is 2.35 bits per heavy atom. The van der Waals surface area contributed by atoms with Crippen LogP contribution >= 0.6 is 0 Å². The molecule has 0 aromatic rings. The highest BCUT2D eigenvalue weighted by Crippen LogP contribution is 2.27. The van der Waals surface area contributed by atoms with Gasteiger partial charge in [0.15, 0.2) is 0 Å². The van der Waals surface area contributed by atoms with E-state index in [9.17, 15) is 19.5 Å². The molecule has 6 atom stereocenters. The van der Waals surface area contributed by atoms with Crippen LogP contribution in [0.3, 0.4) is 0 Å². The van der Waals surface area contributed by atoms with Crippen molar-refractivity contribution in [1.82, 2.24) is 5.32 Å². The van der Waals surface area contributed by atoms with Gasteiger partial charge in [0.1, 0.15) is 11.9 Å². The highest BCUT2D eigenvalue weighted by molar-refractivity contribution is 5.85. The van der Waals surface area contributed by atoms with Gasteiger partial charge < -0.3 is 15.2 Å². The summed E-state index contributed by atoms with van der Waals surface area (Å²) in [5.74, 6) is -1.00. The van der Waals surface area contributed by atoms with E-state index in [1.54, 1.807) is 13.8 Å². The first-order valence-electron chi connectivity index (χ1n) is 9.85. The fourth-order valence-electron chi connectivity index (χ4n) is 3.79. The summed E-state index contributed by atoms with van der Waals surface area (Å²) in [6, 6.07) is 0. The minimum atomic E-state index is -1.04. The number of aliphatic hydroxyl groups excluding tert-OH is 1. The first-order valence-corrected chi connectivity index (χ1v) is 9.85. The number of carbonyl (C=O) groups is 3. The number of rotatable bonds is 2. The smallest absolute Gasteiger partial charge is 0.293 e. The Balaban J connectivity index is 2.91. The third kappa shape index (κ3) is 7.06. The minimum absolute atomic E-state index is 0.0619. The van der Waals surface area contributed by atoms with Gasteiger partial charge >= 0.3 is 0 Å². The fraction of sp³-hybridized carbons (Fsp3) is 0.850. The Hall–Kier alpha value is -1.43. The average Bonchev–Trinajstić information content (AvgIpc) is 2.60. The monoisotopic (exact) mass is 369 g/mol. The zero-order valence-electron chi connectivity index (χ0n) is 16.6. The lowest BCUT2D eigenvalue weighted by Crippen LogP contribution is -2.41. The van der Waals surface area contributed by atoms with Crippen LogP contribution in [0.2, 0.25) is 0 Å². The van der Waals surface area contributed by atoms with Crippen LogP contribution in [0.5, 0.6) is 0 Å². The number of amides is 1. The van der Waals surface area contributed by atoms with Gasteiger partial charge in [-0.25, -0.2) is 0 Å². The summed E-state index contributed by atoms with van der Waals surface area (Å²) >= 11 is 0. The number of aliphatic hydroxyl groups is 1. The molecule has 6 nitrogen and oxygen atoms in total. The van der Waals surface area contributed by atoms with Crippen LogP contribution in [0.1, 0.15) is 66.2 Å². The minimum Gasteiger partial charge on any atom is -0.464 e. The molecule has 0 bridgehead atoms. The maximum atomic E-state index is 12.8. The van der Waals surface area contributed by atoms with E-state index in [0.29, 0.717) is 18.9 Å². The predicted octanol–water partition coefficient (Wildman–Crippen LogP) is 2.47. The van der Waals surface area contributed by atoms with E-state index in [1.807, 2.05) is 6.92 Å². The molecule has 1 heterocycles. The number of hydrogen-bond acceptors (Lipinski definition) is 5. The highest BCUT2D eigenvalue weighted by Gasteiger charge is 2.35. The normalized spacial score (nSPS) is 36.2. The second-order valence-electron chi connectivity index (χ2n) is 7.95. The molecule has 0 aromatic heterocycles. The number of ketones is 1. The Morgan fingerprint density at radius 1 is 1.04 bits per heavy atom. The van der Waals surface area contributed by atoms with Crippen LogP contribution in [0, 0.1) is 23.7 Å². The average molecular weight is 370 g/mol. The molecule has 0 radical (unpaired) electrons. The molecule has 26 heavy (non-hydrogen) atoms. The molecule has 0 aromatic carbocycles. The lowest BCUT2D eigenvalue weighted by atomic mass is 9.81. The molecule has 6 heteroatoms. The van der Waals surface area contributed by atoms with Crippen LogP contribution < -0.4 is 5.32 Å². The van der Waals surface area contributed by atoms with E-state index in [4.69, 9.17) is 4.74 Å². The zero-order chi connectivity index (χ0) is 19.7. The summed E-state index contributed by atoms with van der Waals surface area (Å²) in [4.78, 5) is 35.7.